The summed E-state index contributed by atoms with van der Waals surface area (Å²) in [4.78, 5) is 25.8. The molecule has 1 aliphatic heterocycles. The lowest BCUT2D eigenvalue weighted by Crippen LogP contribution is -3.00. The van der Waals surface area contributed by atoms with Gasteiger partial charge in [-0.05, 0) is 18.4 Å². The third-order valence-corrected chi connectivity index (χ3v) is 7.21. The molecule has 2 aromatic rings. The van der Waals surface area contributed by atoms with E-state index >= 15 is 0 Å². The molecule has 1 saturated heterocycles. The van der Waals surface area contributed by atoms with Crippen LogP contribution in [0, 0.1) is 5.92 Å². The Labute approximate surface area is 211 Å². The largest absolute Gasteiger partial charge is 1.00 e. The molecule has 1 aliphatic carbocycles. The summed E-state index contributed by atoms with van der Waals surface area (Å²) in [6.45, 7) is 1.72. The first-order valence-electron chi connectivity index (χ1n) is 11.9. The number of rotatable bonds is 7. The number of esters is 1. The SMILES string of the molecule is C[N+]1(CC(=O)Nc2ccon2)CCC(OC(=O)C(O)(c2ccccc2)C2CCCCC2)CC1.[Br-]. The van der Waals surface area contributed by atoms with E-state index in [-0.39, 0.29) is 34.9 Å². The van der Waals surface area contributed by atoms with Gasteiger partial charge in [-0.25, -0.2) is 4.79 Å². The molecule has 2 N–H and O–H groups in total. The number of halogens is 1. The highest BCUT2D eigenvalue weighted by atomic mass is 79.9. The summed E-state index contributed by atoms with van der Waals surface area (Å²) < 4.78 is 11.2. The minimum atomic E-state index is -1.62. The maximum Gasteiger partial charge on any atom is 0.343 e. The van der Waals surface area contributed by atoms with Crippen molar-refractivity contribution in [3.05, 3.63) is 48.2 Å². The van der Waals surface area contributed by atoms with E-state index in [2.05, 4.69) is 10.5 Å². The molecule has 2 aliphatic rings. The number of carbonyl (C=O) groups excluding carboxylic acids is 2. The number of carbonyl (C=O) groups is 2. The van der Waals surface area contributed by atoms with Crippen LogP contribution in [0.15, 0.2) is 47.2 Å². The maximum absolute atomic E-state index is 13.4. The van der Waals surface area contributed by atoms with E-state index in [1.807, 2.05) is 37.4 Å². The molecule has 34 heavy (non-hydrogen) atoms. The van der Waals surface area contributed by atoms with Gasteiger partial charge in [0.25, 0.3) is 5.91 Å². The monoisotopic (exact) mass is 535 g/mol. The number of likely N-dealkylation sites (tertiary alicyclic amines) is 1. The summed E-state index contributed by atoms with van der Waals surface area (Å²) >= 11 is 0. The lowest BCUT2D eigenvalue weighted by Gasteiger charge is -2.41. The first-order valence-corrected chi connectivity index (χ1v) is 11.9. The van der Waals surface area contributed by atoms with Crippen LogP contribution in [0.25, 0.3) is 0 Å². The lowest BCUT2D eigenvalue weighted by molar-refractivity contribution is -0.907. The van der Waals surface area contributed by atoms with Gasteiger partial charge in [-0.15, -0.1) is 0 Å². The molecule has 186 valence electrons. The Kier molecular flexibility index (Phi) is 8.89. The number of quaternary nitrogens is 1. The van der Waals surface area contributed by atoms with Crippen LogP contribution >= 0.6 is 0 Å². The number of aromatic nitrogens is 1. The quantitative estimate of drug-likeness (QED) is 0.389. The van der Waals surface area contributed by atoms with E-state index in [1.165, 1.54) is 6.26 Å². The highest BCUT2D eigenvalue weighted by molar-refractivity contribution is 5.90. The molecule has 4 rings (SSSR count). The summed E-state index contributed by atoms with van der Waals surface area (Å²) in [6.07, 6.45) is 7.26. The standard InChI is InChI=1S/C25H33N3O5.BrH/c1-28(18-23(29)26-22-14-17-32-27-22)15-12-21(13-16-28)33-24(30)25(31,19-8-4-2-5-9-19)20-10-6-3-7-11-20;/h2,4-5,8-9,14,17,20-21,31H,3,6-7,10-13,15-16,18H2,1H3;1H. The van der Waals surface area contributed by atoms with Crippen LogP contribution in [-0.4, -0.2) is 59.4 Å². The molecule has 1 atom stereocenters. The first-order chi connectivity index (χ1) is 15.9. The van der Waals surface area contributed by atoms with Crippen molar-refractivity contribution < 1.29 is 45.4 Å². The molecule has 1 aromatic heterocycles. The zero-order chi connectivity index (χ0) is 23.3. The Morgan fingerprint density at radius 1 is 1.12 bits per heavy atom. The van der Waals surface area contributed by atoms with Gasteiger partial charge in [0.15, 0.2) is 18.0 Å². The van der Waals surface area contributed by atoms with Gasteiger partial charge in [0.05, 0.1) is 20.1 Å². The molecule has 8 nitrogen and oxygen atoms in total. The fourth-order valence-corrected chi connectivity index (χ4v) is 5.22. The van der Waals surface area contributed by atoms with Crippen molar-refractivity contribution in [2.45, 2.75) is 56.7 Å². The number of piperidine rings is 1. The molecule has 2 heterocycles. The zero-order valence-electron chi connectivity index (χ0n) is 19.6. The van der Waals surface area contributed by atoms with Gasteiger partial charge >= 0.3 is 5.97 Å². The molecule has 0 bridgehead atoms. The van der Waals surface area contributed by atoms with E-state index in [0.29, 0.717) is 48.3 Å². The van der Waals surface area contributed by atoms with E-state index in [9.17, 15) is 14.7 Å². The normalized spacial score (nSPS) is 24.9. The van der Waals surface area contributed by atoms with Crippen LogP contribution in [0.1, 0.15) is 50.5 Å². The number of benzene rings is 1. The minimum Gasteiger partial charge on any atom is -1.00 e. The minimum absolute atomic E-state index is 0. The molecule has 0 radical (unpaired) electrons. The van der Waals surface area contributed by atoms with Crippen molar-refractivity contribution in [3.63, 3.8) is 0 Å². The molecule has 1 saturated carbocycles. The van der Waals surface area contributed by atoms with E-state index in [0.717, 1.165) is 32.1 Å². The first kappa shape index (κ1) is 26.4. The highest BCUT2D eigenvalue weighted by Crippen LogP contribution is 2.41. The number of aliphatic hydroxyl groups is 1. The number of hydrogen-bond acceptors (Lipinski definition) is 6. The summed E-state index contributed by atoms with van der Waals surface area (Å²) in [5, 5.41) is 18.1. The van der Waals surface area contributed by atoms with Gasteiger partial charge in [0, 0.05) is 24.8 Å². The van der Waals surface area contributed by atoms with E-state index < -0.39 is 11.6 Å². The van der Waals surface area contributed by atoms with Crippen molar-refractivity contribution in [1.29, 1.82) is 0 Å². The molecule has 2 fully saturated rings. The van der Waals surface area contributed by atoms with Crippen molar-refractivity contribution >= 4 is 17.7 Å². The second-order valence-corrected chi connectivity index (χ2v) is 9.73. The molecular weight excluding hydrogens is 502 g/mol. The maximum atomic E-state index is 13.4. The Hall–Kier alpha value is -2.23. The van der Waals surface area contributed by atoms with Crippen LogP contribution in [0.4, 0.5) is 5.82 Å². The third-order valence-electron chi connectivity index (χ3n) is 7.21. The van der Waals surface area contributed by atoms with Crippen molar-refractivity contribution in [2.75, 3.05) is 32.0 Å². The van der Waals surface area contributed by atoms with Gasteiger partial charge in [0.1, 0.15) is 12.4 Å². The molecule has 9 heteroatoms. The average molecular weight is 536 g/mol. The molecular formula is C25H34BrN3O5. The van der Waals surface area contributed by atoms with Crippen LogP contribution in [0.3, 0.4) is 0 Å². The Balaban J connectivity index is 0.00000324. The second-order valence-electron chi connectivity index (χ2n) is 9.73. The summed E-state index contributed by atoms with van der Waals surface area (Å²) in [6, 6.07) is 10.8. The number of amides is 1. The van der Waals surface area contributed by atoms with Crippen LogP contribution in [-0.2, 0) is 19.9 Å². The van der Waals surface area contributed by atoms with Crippen LogP contribution in [0.2, 0.25) is 0 Å². The van der Waals surface area contributed by atoms with Gasteiger partial charge < -0.3 is 41.1 Å². The van der Waals surface area contributed by atoms with E-state index in [4.69, 9.17) is 9.26 Å². The summed E-state index contributed by atoms with van der Waals surface area (Å²) in [5.41, 5.74) is -1.00. The highest BCUT2D eigenvalue weighted by Gasteiger charge is 2.48. The second kappa shape index (κ2) is 11.5. The third kappa shape index (κ3) is 6.06. The number of ether oxygens (including phenoxy) is 1. The Morgan fingerprint density at radius 3 is 2.41 bits per heavy atom. The molecule has 1 amide bonds. The van der Waals surface area contributed by atoms with Gasteiger partial charge in [-0.2, -0.15) is 0 Å². The number of hydrogen-bond donors (Lipinski definition) is 2. The molecule has 1 aromatic carbocycles. The fourth-order valence-electron chi connectivity index (χ4n) is 5.22. The number of likely N-dealkylation sites (N-methyl/N-ethyl adjacent to an activating group) is 1. The Bertz CT molecular complexity index is 925. The number of nitrogens with one attached hydrogen (secondary N) is 1. The van der Waals surface area contributed by atoms with Crippen molar-refractivity contribution in [1.82, 2.24) is 5.16 Å². The van der Waals surface area contributed by atoms with Gasteiger partial charge in [-0.3, -0.25) is 4.79 Å². The van der Waals surface area contributed by atoms with Gasteiger partial charge in [-0.1, -0.05) is 54.8 Å². The lowest BCUT2D eigenvalue weighted by atomic mass is 9.73. The average Bonchev–Trinajstić information content (AvgIpc) is 3.34. The topological polar surface area (TPSA) is 102 Å². The summed E-state index contributed by atoms with van der Waals surface area (Å²) in [5.74, 6) is -0.396. The summed E-state index contributed by atoms with van der Waals surface area (Å²) in [7, 11) is 2.03. The Morgan fingerprint density at radius 2 is 1.79 bits per heavy atom. The van der Waals surface area contributed by atoms with Crippen molar-refractivity contribution in [2.24, 2.45) is 5.92 Å². The zero-order valence-corrected chi connectivity index (χ0v) is 21.2. The van der Waals surface area contributed by atoms with Gasteiger partial charge in [0.2, 0.25) is 0 Å². The number of nitrogens with zero attached hydrogens (tertiary/aromatic N) is 2. The number of anilines is 1. The van der Waals surface area contributed by atoms with Crippen molar-refractivity contribution in [3.8, 4) is 0 Å². The molecule has 1 unspecified atom stereocenters. The fraction of sp³-hybridized carbons (Fsp3) is 0.560. The predicted molar refractivity (Wildman–Crippen MR) is 122 cm³/mol. The van der Waals surface area contributed by atoms with E-state index in [1.54, 1.807) is 6.07 Å². The smallest absolute Gasteiger partial charge is 0.343 e. The van der Waals surface area contributed by atoms with Crippen LogP contribution in [0.5, 0.6) is 0 Å². The van der Waals surface area contributed by atoms with Crippen LogP contribution < -0.4 is 22.3 Å². The predicted octanol–water partition coefficient (Wildman–Crippen LogP) is 0.237. The molecule has 0 spiro atoms.